The Balaban J connectivity index is 1.70. The van der Waals surface area contributed by atoms with Crippen LogP contribution in [0.5, 0.6) is 0 Å². The number of hydrogen-bond acceptors (Lipinski definition) is 3. The lowest BCUT2D eigenvalue weighted by Gasteiger charge is -2.26. The van der Waals surface area contributed by atoms with Crippen LogP contribution < -0.4 is 10.6 Å². The first-order valence-electron chi connectivity index (χ1n) is 6.89. The molecule has 0 radical (unpaired) electrons. The SMILES string of the molecule is C[C@H](NC[C@@H]1CC(=O)Nc2ccccc21)c1ccco1. The lowest BCUT2D eigenvalue weighted by Crippen LogP contribution is -2.31. The van der Waals surface area contributed by atoms with E-state index < -0.39 is 0 Å². The molecule has 0 unspecified atom stereocenters. The largest absolute Gasteiger partial charge is 0.468 e. The van der Waals surface area contributed by atoms with Crippen LogP contribution in [0, 0.1) is 0 Å². The van der Waals surface area contributed by atoms with Gasteiger partial charge in [-0.1, -0.05) is 18.2 Å². The maximum atomic E-state index is 11.8. The summed E-state index contributed by atoms with van der Waals surface area (Å²) in [5.41, 5.74) is 2.13. The number of rotatable bonds is 4. The summed E-state index contributed by atoms with van der Waals surface area (Å²) >= 11 is 0. The highest BCUT2D eigenvalue weighted by Gasteiger charge is 2.25. The average Bonchev–Trinajstić information content (AvgIpc) is 2.98. The van der Waals surface area contributed by atoms with Crippen molar-refractivity contribution in [3.63, 3.8) is 0 Å². The molecule has 2 heterocycles. The van der Waals surface area contributed by atoms with E-state index in [1.807, 2.05) is 30.3 Å². The molecule has 0 saturated heterocycles. The van der Waals surface area contributed by atoms with Crippen LogP contribution in [-0.4, -0.2) is 12.5 Å². The van der Waals surface area contributed by atoms with Gasteiger partial charge in [0.05, 0.1) is 12.3 Å². The number of amides is 1. The highest BCUT2D eigenvalue weighted by molar-refractivity contribution is 5.94. The van der Waals surface area contributed by atoms with Crippen molar-refractivity contribution in [2.75, 3.05) is 11.9 Å². The number of furan rings is 1. The van der Waals surface area contributed by atoms with Crippen LogP contribution in [0.1, 0.15) is 36.6 Å². The van der Waals surface area contributed by atoms with E-state index in [2.05, 4.69) is 23.6 Å². The van der Waals surface area contributed by atoms with Gasteiger partial charge in [-0.05, 0) is 30.7 Å². The summed E-state index contributed by atoms with van der Waals surface area (Å²) in [4.78, 5) is 11.8. The Morgan fingerprint density at radius 3 is 3.00 bits per heavy atom. The Kier molecular flexibility index (Phi) is 3.56. The number of para-hydroxylation sites is 1. The molecule has 0 fully saturated rings. The molecule has 0 spiro atoms. The van der Waals surface area contributed by atoms with Crippen LogP contribution in [0.4, 0.5) is 5.69 Å². The van der Waals surface area contributed by atoms with Crippen LogP contribution >= 0.6 is 0 Å². The van der Waals surface area contributed by atoms with Crippen molar-refractivity contribution in [2.45, 2.75) is 25.3 Å². The molecule has 1 aliphatic heterocycles. The minimum atomic E-state index is 0.0844. The van der Waals surface area contributed by atoms with Crippen molar-refractivity contribution in [1.29, 1.82) is 0 Å². The van der Waals surface area contributed by atoms with Gasteiger partial charge >= 0.3 is 0 Å². The Hall–Kier alpha value is -2.07. The minimum absolute atomic E-state index is 0.0844. The van der Waals surface area contributed by atoms with E-state index in [9.17, 15) is 4.79 Å². The van der Waals surface area contributed by atoms with Crippen molar-refractivity contribution >= 4 is 11.6 Å². The van der Waals surface area contributed by atoms with Crippen molar-refractivity contribution in [1.82, 2.24) is 5.32 Å². The number of carbonyl (C=O) groups excluding carboxylic acids is 1. The van der Waals surface area contributed by atoms with Gasteiger partial charge < -0.3 is 15.1 Å². The normalized spacial score (nSPS) is 19.2. The zero-order valence-electron chi connectivity index (χ0n) is 11.4. The summed E-state index contributed by atoms with van der Waals surface area (Å²) in [6.07, 6.45) is 2.20. The van der Waals surface area contributed by atoms with E-state index in [1.165, 1.54) is 5.56 Å². The molecule has 0 aliphatic carbocycles. The van der Waals surface area contributed by atoms with E-state index in [0.717, 1.165) is 18.0 Å². The fourth-order valence-electron chi connectivity index (χ4n) is 2.64. The maximum absolute atomic E-state index is 11.8. The van der Waals surface area contributed by atoms with Crippen LogP contribution in [0.2, 0.25) is 0 Å². The van der Waals surface area contributed by atoms with Crippen LogP contribution in [0.3, 0.4) is 0 Å². The molecule has 4 heteroatoms. The first-order chi connectivity index (χ1) is 9.74. The number of fused-ring (bicyclic) bond motifs is 1. The fraction of sp³-hybridized carbons (Fsp3) is 0.312. The van der Waals surface area contributed by atoms with Crippen molar-refractivity contribution < 1.29 is 9.21 Å². The van der Waals surface area contributed by atoms with Crippen molar-refractivity contribution in [3.8, 4) is 0 Å². The van der Waals surface area contributed by atoms with Gasteiger partial charge in [-0.15, -0.1) is 0 Å². The topological polar surface area (TPSA) is 54.3 Å². The number of anilines is 1. The molecular formula is C16H18N2O2. The summed E-state index contributed by atoms with van der Waals surface area (Å²) < 4.78 is 5.38. The van der Waals surface area contributed by atoms with E-state index in [1.54, 1.807) is 6.26 Å². The van der Waals surface area contributed by atoms with E-state index in [4.69, 9.17) is 4.42 Å². The predicted octanol–water partition coefficient (Wildman–Crippen LogP) is 3.06. The van der Waals surface area contributed by atoms with Gasteiger partial charge in [-0.2, -0.15) is 0 Å². The lowest BCUT2D eigenvalue weighted by molar-refractivity contribution is -0.116. The fourth-order valence-corrected chi connectivity index (χ4v) is 2.64. The molecule has 2 aromatic rings. The van der Waals surface area contributed by atoms with E-state index in [-0.39, 0.29) is 17.9 Å². The van der Waals surface area contributed by atoms with E-state index in [0.29, 0.717) is 6.42 Å². The quantitative estimate of drug-likeness (QED) is 0.897. The number of benzene rings is 1. The number of nitrogens with one attached hydrogen (secondary N) is 2. The van der Waals surface area contributed by atoms with Crippen molar-refractivity contribution in [3.05, 3.63) is 54.0 Å². The summed E-state index contributed by atoms with van der Waals surface area (Å²) in [5, 5.41) is 6.36. The molecule has 3 rings (SSSR count). The smallest absolute Gasteiger partial charge is 0.225 e. The lowest BCUT2D eigenvalue weighted by atomic mass is 9.90. The third-order valence-corrected chi connectivity index (χ3v) is 3.75. The van der Waals surface area contributed by atoms with Crippen LogP contribution in [0.15, 0.2) is 47.1 Å². The maximum Gasteiger partial charge on any atom is 0.225 e. The molecule has 4 nitrogen and oxygen atoms in total. The monoisotopic (exact) mass is 270 g/mol. The molecule has 104 valence electrons. The zero-order chi connectivity index (χ0) is 13.9. The highest BCUT2D eigenvalue weighted by Crippen LogP contribution is 2.31. The third kappa shape index (κ3) is 2.60. The first kappa shape index (κ1) is 12.9. The molecule has 2 N–H and O–H groups in total. The Bertz CT molecular complexity index is 592. The standard InChI is InChI=1S/C16H18N2O2/c1-11(15-7-4-8-20-15)17-10-12-9-16(19)18-14-6-3-2-5-13(12)14/h2-8,11-12,17H,9-10H2,1H3,(H,18,19)/t11-,12-/m0/s1. The Morgan fingerprint density at radius 1 is 1.35 bits per heavy atom. The second-order valence-corrected chi connectivity index (χ2v) is 5.18. The molecule has 1 aromatic heterocycles. The van der Waals surface area contributed by atoms with Gasteiger partial charge in [0.15, 0.2) is 0 Å². The average molecular weight is 270 g/mol. The number of carbonyl (C=O) groups is 1. The third-order valence-electron chi connectivity index (χ3n) is 3.75. The molecular weight excluding hydrogens is 252 g/mol. The van der Waals surface area contributed by atoms with Gasteiger partial charge in [0.2, 0.25) is 5.91 Å². The van der Waals surface area contributed by atoms with Crippen molar-refractivity contribution in [2.24, 2.45) is 0 Å². The summed E-state index contributed by atoms with van der Waals surface area (Å²) in [6.45, 7) is 2.82. The molecule has 1 aliphatic rings. The van der Waals surface area contributed by atoms with E-state index >= 15 is 0 Å². The predicted molar refractivity (Wildman–Crippen MR) is 77.6 cm³/mol. The van der Waals surface area contributed by atoms with Crippen LogP contribution in [0.25, 0.3) is 0 Å². The zero-order valence-corrected chi connectivity index (χ0v) is 11.4. The Labute approximate surface area is 118 Å². The minimum Gasteiger partial charge on any atom is -0.468 e. The summed E-state index contributed by atoms with van der Waals surface area (Å²) in [5.74, 6) is 1.21. The molecule has 0 bridgehead atoms. The molecule has 1 aromatic carbocycles. The molecule has 20 heavy (non-hydrogen) atoms. The van der Waals surface area contributed by atoms with Gasteiger partial charge in [-0.25, -0.2) is 0 Å². The molecule has 1 amide bonds. The number of hydrogen-bond donors (Lipinski definition) is 2. The molecule has 0 saturated carbocycles. The summed E-state index contributed by atoms with van der Waals surface area (Å²) in [6, 6.07) is 12.0. The Morgan fingerprint density at radius 2 is 2.20 bits per heavy atom. The van der Waals surface area contributed by atoms with Gasteiger partial charge in [-0.3, -0.25) is 4.79 Å². The highest BCUT2D eigenvalue weighted by atomic mass is 16.3. The first-order valence-corrected chi connectivity index (χ1v) is 6.89. The second kappa shape index (κ2) is 5.51. The van der Waals surface area contributed by atoms with Gasteiger partial charge in [0.25, 0.3) is 0 Å². The van der Waals surface area contributed by atoms with Crippen LogP contribution in [-0.2, 0) is 4.79 Å². The van der Waals surface area contributed by atoms with Gasteiger partial charge in [0, 0.05) is 24.6 Å². The second-order valence-electron chi connectivity index (χ2n) is 5.18. The summed E-state index contributed by atoms with van der Waals surface area (Å²) in [7, 11) is 0. The van der Waals surface area contributed by atoms with Gasteiger partial charge in [0.1, 0.15) is 5.76 Å². The molecule has 2 atom stereocenters.